The lowest BCUT2D eigenvalue weighted by Gasteiger charge is -2.19. The molecule has 2 amide bonds. The number of para-hydroxylation sites is 1. The van der Waals surface area contributed by atoms with Crippen LogP contribution in [0.15, 0.2) is 24.3 Å². The molecule has 0 radical (unpaired) electrons. The van der Waals surface area contributed by atoms with E-state index in [1.807, 2.05) is 0 Å². The van der Waals surface area contributed by atoms with Gasteiger partial charge in [-0.1, -0.05) is 43.2 Å². The van der Waals surface area contributed by atoms with Crippen molar-refractivity contribution in [2.75, 3.05) is 13.2 Å². The highest BCUT2D eigenvalue weighted by molar-refractivity contribution is 5.95. The zero-order chi connectivity index (χ0) is 16.5. The standard InChI is InChI=1S/C18H22N2O3/c19-17(21)15-10-4-5-11-16(15)23-13-7-6-12-20-18(22)14-8-2-1-3-9-14/h4-5,10-11,14H,1-3,8-9,12-13H2,(H2,19,21)(H,20,22). The topological polar surface area (TPSA) is 81.4 Å². The number of ether oxygens (including phenoxy) is 1. The second-order valence-corrected chi connectivity index (χ2v) is 5.56. The molecule has 3 N–H and O–H groups in total. The van der Waals surface area contributed by atoms with E-state index in [1.165, 1.54) is 6.42 Å². The third kappa shape index (κ3) is 5.33. The van der Waals surface area contributed by atoms with Crippen LogP contribution in [0, 0.1) is 17.8 Å². The van der Waals surface area contributed by atoms with Crippen LogP contribution in [0.4, 0.5) is 0 Å². The molecule has 23 heavy (non-hydrogen) atoms. The van der Waals surface area contributed by atoms with Gasteiger partial charge in [-0.2, -0.15) is 0 Å². The largest absolute Gasteiger partial charge is 0.480 e. The molecule has 0 aliphatic heterocycles. The molecule has 0 aromatic heterocycles. The lowest BCUT2D eigenvalue weighted by Crippen LogP contribution is -2.32. The summed E-state index contributed by atoms with van der Waals surface area (Å²) in [6.45, 7) is 0.458. The summed E-state index contributed by atoms with van der Waals surface area (Å²) in [7, 11) is 0. The Morgan fingerprint density at radius 1 is 1.17 bits per heavy atom. The van der Waals surface area contributed by atoms with Crippen molar-refractivity contribution in [2.45, 2.75) is 32.1 Å². The van der Waals surface area contributed by atoms with Gasteiger partial charge in [-0.15, -0.1) is 0 Å². The number of carbonyl (C=O) groups excluding carboxylic acids is 2. The third-order valence-electron chi connectivity index (χ3n) is 3.90. The molecule has 1 aliphatic rings. The molecular formula is C18H22N2O3. The van der Waals surface area contributed by atoms with E-state index >= 15 is 0 Å². The van der Waals surface area contributed by atoms with Crippen molar-refractivity contribution in [3.05, 3.63) is 29.8 Å². The van der Waals surface area contributed by atoms with E-state index in [-0.39, 0.29) is 18.4 Å². The number of nitrogens with one attached hydrogen (secondary N) is 1. The quantitative estimate of drug-likeness (QED) is 0.814. The first kappa shape index (κ1) is 16.9. The summed E-state index contributed by atoms with van der Waals surface area (Å²) in [5.74, 6) is 5.79. The first-order valence-electron chi connectivity index (χ1n) is 7.93. The van der Waals surface area contributed by atoms with E-state index in [9.17, 15) is 9.59 Å². The highest BCUT2D eigenvalue weighted by Gasteiger charge is 2.20. The molecular weight excluding hydrogens is 292 g/mol. The summed E-state index contributed by atoms with van der Waals surface area (Å²) in [5.41, 5.74) is 5.60. The van der Waals surface area contributed by atoms with Crippen molar-refractivity contribution in [3.63, 3.8) is 0 Å². The molecule has 1 saturated carbocycles. The van der Waals surface area contributed by atoms with Gasteiger partial charge in [0.25, 0.3) is 5.91 Å². The Bertz CT molecular complexity index is 610. The molecule has 0 saturated heterocycles. The Balaban J connectivity index is 1.72. The predicted molar refractivity (Wildman–Crippen MR) is 87.8 cm³/mol. The number of amides is 2. The van der Waals surface area contributed by atoms with Crippen LogP contribution in [-0.4, -0.2) is 25.0 Å². The van der Waals surface area contributed by atoms with E-state index in [2.05, 4.69) is 17.2 Å². The molecule has 122 valence electrons. The molecule has 1 aromatic rings. The lowest BCUT2D eigenvalue weighted by atomic mass is 9.89. The fraction of sp³-hybridized carbons (Fsp3) is 0.444. The van der Waals surface area contributed by atoms with Crippen LogP contribution in [-0.2, 0) is 4.79 Å². The van der Waals surface area contributed by atoms with E-state index in [1.54, 1.807) is 24.3 Å². The molecule has 5 nitrogen and oxygen atoms in total. The van der Waals surface area contributed by atoms with Crippen molar-refractivity contribution >= 4 is 11.8 Å². The average Bonchev–Trinajstić information content (AvgIpc) is 2.58. The summed E-state index contributed by atoms with van der Waals surface area (Å²) in [6, 6.07) is 6.77. The Kier molecular flexibility index (Phi) is 6.49. The highest BCUT2D eigenvalue weighted by atomic mass is 16.5. The highest BCUT2D eigenvalue weighted by Crippen LogP contribution is 2.23. The van der Waals surface area contributed by atoms with E-state index in [0.29, 0.717) is 17.9 Å². The van der Waals surface area contributed by atoms with Gasteiger partial charge in [0.1, 0.15) is 12.4 Å². The zero-order valence-corrected chi connectivity index (χ0v) is 13.1. The first-order chi connectivity index (χ1) is 11.2. The van der Waals surface area contributed by atoms with E-state index in [0.717, 1.165) is 25.7 Å². The monoisotopic (exact) mass is 314 g/mol. The molecule has 1 fully saturated rings. The number of hydrogen-bond acceptors (Lipinski definition) is 3. The molecule has 0 bridgehead atoms. The second kappa shape index (κ2) is 8.84. The predicted octanol–water partition coefficient (Wildman–Crippen LogP) is 1.86. The molecule has 0 atom stereocenters. The maximum Gasteiger partial charge on any atom is 0.252 e. The number of benzene rings is 1. The zero-order valence-electron chi connectivity index (χ0n) is 13.1. The van der Waals surface area contributed by atoms with Gasteiger partial charge in [-0.25, -0.2) is 0 Å². The fourth-order valence-electron chi connectivity index (χ4n) is 2.66. The van der Waals surface area contributed by atoms with Gasteiger partial charge in [-0.3, -0.25) is 9.59 Å². The summed E-state index contributed by atoms with van der Waals surface area (Å²) >= 11 is 0. The minimum Gasteiger partial charge on any atom is -0.480 e. The van der Waals surface area contributed by atoms with Gasteiger partial charge in [0, 0.05) is 5.92 Å². The van der Waals surface area contributed by atoms with Crippen LogP contribution in [0.5, 0.6) is 5.75 Å². The SMILES string of the molecule is NC(=O)c1ccccc1OCC#CCNC(=O)C1CCCCC1. The minimum atomic E-state index is -0.534. The summed E-state index contributed by atoms with van der Waals surface area (Å²) in [4.78, 5) is 23.2. The average molecular weight is 314 g/mol. The van der Waals surface area contributed by atoms with E-state index in [4.69, 9.17) is 10.5 Å². The maximum absolute atomic E-state index is 11.9. The number of rotatable bonds is 5. The Hall–Kier alpha value is -2.48. The molecule has 1 aliphatic carbocycles. The fourth-order valence-corrected chi connectivity index (χ4v) is 2.66. The van der Waals surface area contributed by atoms with E-state index < -0.39 is 5.91 Å². The third-order valence-corrected chi connectivity index (χ3v) is 3.90. The van der Waals surface area contributed by atoms with Gasteiger partial charge < -0.3 is 15.8 Å². The number of primary amides is 1. The smallest absolute Gasteiger partial charge is 0.252 e. The maximum atomic E-state index is 11.9. The molecule has 0 unspecified atom stereocenters. The first-order valence-corrected chi connectivity index (χ1v) is 7.93. The van der Waals surface area contributed by atoms with Crippen molar-refractivity contribution < 1.29 is 14.3 Å². The van der Waals surface area contributed by atoms with Gasteiger partial charge >= 0.3 is 0 Å². The van der Waals surface area contributed by atoms with Crippen LogP contribution in [0.2, 0.25) is 0 Å². The van der Waals surface area contributed by atoms with Gasteiger partial charge in [0.2, 0.25) is 5.91 Å². The Morgan fingerprint density at radius 3 is 2.65 bits per heavy atom. The van der Waals surface area contributed by atoms with Gasteiger partial charge in [-0.05, 0) is 25.0 Å². The molecule has 0 spiro atoms. The van der Waals surface area contributed by atoms with Gasteiger partial charge in [0.05, 0.1) is 12.1 Å². The van der Waals surface area contributed by atoms with Crippen molar-refractivity contribution in [1.29, 1.82) is 0 Å². The molecule has 0 heterocycles. The summed E-state index contributed by atoms with van der Waals surface area (Å²) in [5, 5.41) is 2.84. The van der Waals surface area contributed by atoms with Crippen molar-refractivity contribution in [2.24, 2.45) is 11.7 Å². The van der Waals surface area contributed by atoms with Crippen LogP contribution in [0.25, 0.3) is 0 Å². The summed E-state index contributed by atoms with van der Waals surface area (Å²) < 4.78 is 5.43. The number of hydrogen-bond donors (Lipinski definition) is 2. The Labute approximate surface area is 136 Å². The normalized spacial score (nSPS) is 14.4. The minimum absolute atomic E-state index is 0.0963. The van der Waals surface area contributed by atoms with Gasteiger partial charge in [0.15, 0.2) is 0 Å². The van der Waals surface area contributed by atoms with Crippen molar-refractivity contribution in [1.82, 2.24) is 5.32 Å². The van der Waals surface area contributed by atoms with Crippen molar-refractivity contribution in [3.8, 4) is 17.6 Å². The molecule has 2 rings (SSSR count). The number of carbonyl (C=O) groups is 2. The van der Waals surface area contributed by atoms with Crippen LogP contribution in [0.1, 0.15) is 42.5 Å². The number of nitrogens with two attached hydrogens (primary N) is 1. The summed E-state index contributed by atoms with van der Waals surface area (Å²) in [6.07, 6.45) is 5.46. The Morgan fingerprint density at radius 2 is 1.91 bits per heavy atom. The van der Waals surface area contributed by atoms with Crippen LogP contribution >= 0.6 is 0 Å². The molecule has 5 heteroatoms. The van der Waals surface area contributed by atoms with Crippen LogP contribution in [0.3, 0.4) is 0 Å². The van der Waals surface area contributed by atoms with Crippen LogP contribution < -0.4 is 15.8 Å². The second-order valence-electron chi connectivity index (χ2n) is 5.56. The molecule has 1 aromatic carbocycles. The lowest BCUT2D eigenvalue weighted by molar-refractivity contribution is -0.125.